The molecule has 0 fully saturated rings. The summed E-state index contributed by atoms with van der Waals surface area (Å²) in [5, 5.41) is 0.556. The van der Waals surface area contributed by atoms with Gasteiger partial charge in [0, 0.05) is 18.6 Å². The van der Waals surface area contributed by atoms with E-state index in [2.05, 4.69) is 15.4 Å². The zero-order valence-corrected chi connectivity index (χ0v) is 12.8. The summed E-state index contributed by atoms with van der Waals surface area (Å²) < 4.78 is 26.0. The lowest BCUT2D eigenvalue weighted by Gasteiger charge is -2.17. The van der Waals surface area contributed by atoms with E-state index in [-0.39, 0.29) is 17.4 Å². The van der Waals surface area contributed by atoms with Gasteiger partial charge in [-0.1, -0.05) is 23.7 Å². The first-order valence-corrected chi connectivity index (χ1v) is 7.75. The van der Waals surface area contributed by atoms with E-state index >= 15 is 0 Å². The van der Waals surface area contributed by atoms with E-state index in [1.165, 1.54) is 23.7 Å². The molecule has 21 heavy (non-hydrogen) atoms. The Kier molecular flexibility index (Phi) is 4.73. The number of rotatable bonds is 5. The maximum absolute atomic E-state index is 12.4. The SMILES string of the molecule is CN(Cc1cccc(Cl)c1)S(=O)(=O)c1cnc(NN)nc1. The van der Waals surface area contributed by atoms with E-state index in [0.29, 0.717) is 5.02 Å². The van der Waals surface area contributed by atoms with Gasteiger partial charge in [-0.25, -0.2) is 24.2 Å². The number of hydrogen-bond donors (Lipinski definition) is 2. The van der Waals surface area contributed by atoms with Crippen LogP contribution in [0.1, 0.15) is 5.56 Å². The van der Waals surface area contributed by atoms with Crippen molar-refractivity contribution in [2.45, 2.75) is 11.4 Å². The molecule has 1 aromatic carbocycles. The van der Waals surface area contributed by atoms with E-state index < -0.39 is 10.0 Å². The van der Waals surface area contributed by atoms with Crippen LogP contribution in [0.5, 0.6) is 0 Å². The molecule has 0 atom stereocenters. The summed E-state index contributed by atoms with van der Waals surface area (Å²) in [6.45, 7) is 0.194. The second kappa shape index (κ2) is 6.35. The Hall–Kier alpha value is -1.74. The molecular weight excluding hydrogens is 314 g/mol. The molecule has 0 saturated heterocycles. The van der Waals surface area contributed by atoms with Crippen LogP contribution in [0, 0.1) is 0 Å². The number of benzene rings is 1. The number of halogens is 1. The first-order chi connectivity index (χ1) is 9.93. The predicted molar refractivity (Wildman–Crippen MR) is 79.9 cm³/mol. The lowest BCUT2D eigenvalue weighted by atomic mass is 10.2. The molecule has 2 aromatic rings. The number of hydrogen-bond acceptors (Lipinski definition) is 6. The van der Waals surface area contributed by atoms with E-state index in [4.69, 9.17) is 17.4 Å². The molecule has 3 N–H and O–H groups in total. The maximum Gasteiger partial charge on any atom is 0.246 e. The van der Waals surface area contributed by atoms with Gasteiger partial charge >= 0.3 is 0 Å². The summed E-state index contributed by atoms with van der Waals surface area (Å²) in [6.07, 6.45) is 2.40. The third kappa shape index (κ3) is 3.67. The third-order valence-corrected chi connectivity index (χ3v) is 4.75. The van der Waals surface area contributed by atoms with Crippen molar-refractivity contribution in [2.24, 2.45) is 5.84 Å². The minimum Gasteiger partial charge on any atom is -0.292 e. The van der Waals surface area contributed by atoms with Gasteiger partial charge in [-0.15, -0.1) is 0 Å². The first kappa shape index (κ1) is 15.6. The smallest absolute Gasteiger partial charge is 0.246 e. The number of nitrogens with two attached hydrogens (primary N) is 1. The van der Waals surface area contributed by atoms with Crippen molar-refractivity contribution in [3.8, 4) is 0 Å². The molecule has 0 spiro atoms. The maximum atomic E-state index is 12.4. The molecule has 7 nitrogen and oxygen atoms in total. The van der Waals surface area contributed by atoms with Gasteiger partial charge in [0.25, 0.3) is 0 Å². The fourth-order valence-corrected chi connectivity index (χ4v) is 2.94. The highest BCUT2D eigenvalue weighted by atomic mass is 35.5. The number of sulfonamides is 1. The highest BCUT2D eigenvalue weighted by Crippen LogP contribution is 2.17. The minimum atomic E-state index is -3.68. The van der Waals surface area contributed by atoms with Gasteiger partial charge in [0.2, 0.25) is 16.0 Å². The Bertz CT molecular complexity index is 721. The molecule has 0 aliphatic heterocycles. The summed E-state index contributed by atoms with van der Waals surface area (Å²) in [7, 11) is -2.20. The molecule has 112 valence electrons. The van der Waals surface area contributed by atoms with Crippen LogP contribution in [-0.2, 0) is 16.6 Å². The molecule has 2 rings (SSSR count). The van der Waals surface area contributed by atoms with Crippen LogP contribution in [0.25, 0.3) is 0 Å². The second-order valence-electron chi connectivity index (χ2n) is 4.28. The number of nitrogen functional groups attached to an aromatic ring is 1. The number of nitrogens with zero attached hydrogens (tertiary/aromatic N) is 3. The molecule has 0 radical (unpaired) electrons. The summed E-state index contributed by atoms with van der Waals surface area (Å²) in [6, 6.07) is 7.01. The van der Waals surface area contributed by atoms with Crippen LogP contribution in [0.15, 0.2) is 41.6 Å². The zero-order chi connectivity index (χ0) is 15.5. The van der Waals surface area contributed by atoms with E-state index in [1.54, 1.807) is 24.3 Å². The lowest BCUT2D eigenvalue weighted by molar-refractivity contribution is 0.466. The lowest BCUT2D eigenvalue weighted by Crippen LogP contribution is -2.27. The fourth-order valence-electron chi connectivity index (χ4n) is 1.68. The van der Waals surface area contributed by atoms with Crippen molar-refractivity contribution in [1.29, 1.82) is 0 Å². The normalized spacial score (nSPS) is 11.6. The molecular formula is C12H14ClN5O2S. The molecule has 0 unspecified atom stereocenters. The topological polar surface area (TPSA) is 101 Å². The molecule has 9 heteroatoms. The average molecular weight is 328 g/mol. The van der Waals surface area contributed by atoms with Crippen LogP contribution < -0.4 is 11.3 Å². The number of aromatic nitrogens is 2. The van der Waals surface area contributed by atoms with Crippen molar-refractivity contribution < 1.29 is 8.42 Å². The molecule has 0 aliphatic rings. The molecule has 1 heterocycles. The Labute approximate surface area is 127 Å². The van der Waals surface area contributed by atoms with Crippen molar-refractivity contribution in [2.75, 3.05) is 12.5 Å². The highest BCUT2D eigenvalue weighted by molar-refractivity contribution is 7.89. The third-order valence-electron chi connectivity index (χ3n) is 2.76. The number of nitrogens with one attached hydrogen (secondary N) is 1. The van der Waals surface area contributed by atoms with Crippen LogP contribution in [-0.4, -0.2) is 29.7 Å². The Morgan fingerprint density at radius 1 is 1.33 bits per heavy atom. The fraction of sp³-hybridized carbons (Fsp3) is 0.167. The minimum absolute atomic E-state index is 0.00831. The summed E-state index contributed by atoms with van der Waals surface area (Å²) in [5.74, 6) is 5.28. The predicted octanol–water partition coefficient (Wildman–Crippen LogP) is 1.24. The molecule has 1 aromatic heterocycles. The second-order valence-corrected chi connectivity index (χ2v) is 6.76. The van der Waals surface area contributed by atoms with Gasteiger partial charge in [0.1, 0.15) is 4.90 Å². The van der Waals surface area contributed by atoms with E-state index in [9.17, 15) is 8.42 Å². The summed E-state index contributed by atoms with van der Waals surface area (Å²) in [5.41, 5.74) is 3.02. The largest absolute Gasteiger partial charge is 0.292 e. The van der Waals surface area contributed by atoms with Gasteiger partial charge in [-0.2, -0.15) is 4.31 Å². The van der Waals surface area contributed by atoms with Crippen molar-refractivity contribution in [3.05, 3.63) is 47.2 Å². The highest BCUT2D eigenvalue weighted by Gasteiger charge is 2.22. The van der Waals surface area contributed by atoms with Crippen LogP contribution in [0.4, 0.5) is 5.95 Å². The van der Waals surface area contributed by atoms with Crippen LogP contribution in [0.2, 0.25) is 5.02 Å². The van der Waals surface area contributed by atoms with Gasteiger partial charge in [0.05, 0.1) is 12.4 Å². The van der Waals surface area contributed by atoms with Crippen molar-refractivity contribution in [3.63, 3.8) is 0 Å². The van der Waals surface area contributed by atoms with Gasteiger partial charge in [0.15, 0.2) is 0 Å². The van der Waals surface area contributed by atoms with Gasteiger partial charge < -0.3 is 0 Å². The standard InChI is InChI=1S/C12H14ClN5O2S/c1-18(8-9-3-2-4-10(13)5-9)21(19,20)11-6-15-12(17-14)16-7-11/h2-7H,8,14H2,1H3,(H,15,16,17). The van der Waals surface area contributed by atoms with Crippen LogP contribution >= 0.6 is 11.6 Å². The summed E-state index contributed by atoms with van der Waals surface area (Å²) in [4.78, 5) is 7.58. The number of anilines is 1. The quantitative estimate of drug-likeness (QED) is 0.633. The molecule has 0 saturated carbocycles. The monoisotopic (exact) mass is 327 g/mol. The van der Waals surface area contributed by atoms with E-state index in [1.807, 2.05) is 0 Å². The Morgan fingerprint density at radius 3 is 2.57 bits per heavy atom. The molecule has 0 amide bonds. The molecule has 0 bridgehead atoms. The summed E-state index contributed by atoms with van der Waals surface area (Å²) >= 11 is 5.89. The van der Waals surface area contributed by atoms with Gasteiger partial charge in [-0.3, -0.25) is 5.43 Å². The Morgan fingerprint density at radius 2 is 2.00 bits per heavy atom. The van der Waals surface area contributed by atoms with E-state index in [0.717, 1.165) is 5.56 Å². The Balaban J connectivity index is 2.21. The van der Waals surface area contributed by atoms with Crippen LogP contribution in [0.3, 0.4) is 0 Å². The zero-order valence-electron chi connectivity index (χ0n) is 11.2. The first-order valence-electron chi connectivity index (χ1n) is 5.93. The molecule has 0 aliphatic carbocycles. The van der Waals surface area contributed by atoms with Gasteiger partial charge in [-0.05, 0) is 17.7 Å². The number of hydrazine groups is 1. The van der Waals surface area contributed by atoms with Crippen molar-refractivity contribution in [1.82, 2.24) is 14.3 Å². The van der Waals surface area contributed by atoms with Crippen molar-refractivity contribution >= 4 is 27.6 Å². The average Bonchev–Trinajstić information content (AvgIpc) is 2.47.